The molecule has 1 aliphatic carbocycles. The summed E-state index contributed by atoms with van der Waals surface area (Å²) in [5.41, 5.74) is 6.19. The van der Waals surface area contributed by atoms with Crippen molar-refractivity contribution in [3.63, 3.8) is 0 Å². The molecule has 0 radical (unpaired) electrons. The maximum atomic E-state index is 11.0. The van der Waals surface area contributed by atoms with E-state index in [1.54, 1.807) is 6.07 Å². The fourth-order valence-corrected chi connectivity index (χ4v) is 2.06. The van der Waals surface area contributed by atoms with Crippen molar-refractivity contribution in [2.45, 2.75) is 24.8 Å². The van der Waals surface area contributed by atoms with Gasteiger partial charge in [0.15, 0.2) is 11.5 Å². The van der Waals surface area contributed by atoms with Gasteiger partial charge in [-0.25, -0.2) is 4.79 Å². The number of ether oxygens (including phenoxy) is 1. The zero-order valence-electron chi connectivity index (χ0n) is 9.56. The van der Waals surface area contributed by atoms with E-state index < -0.39 is 11.5 Å². The summed E-state index contributed by atoms with van der Waals surface area (Å²) in [6.45, 7) is 0. The van der Waals surface area contributed by atoms with Gasteiger partial charge < -0.3 is 20.7 Å². The second-order valence-electron chi connectivity index (χ2n) is 4.39. The van der Waals surface area contributed by atoms with Gasteiger partial charge in [-0.15, -0.1) is 0 Å². The largest absolute Gasteiger partial charge is 0.504 e. The van der Waals surface area contributed by atoms with Gasteiger partial charge in [-0.2, -0.15) is 0 Å². The number of hydrogen-bond donors (Lipinski definition) is 3. The molecule has 4 N–H and O–H groups in total. The van der Waals surface area contributed by atoms with Gasteiger partial charge in [0.1, 0.15) is 5.56 Å². The SMILES string of the molecule is COc1cc(C2(N)CCC2)cc(C(=O)O)c1O. The predicted octanol–water partition coefficient (Wildman–Crippen LogP) is 1.44. The lowest BCUT2D eigenvalue weighted by atomic mass is 9.72. The lowest BCUT2D eigenvalue weighted by molar-refractivity contribution is 0.0692. The molecule has 2 rings (SSSR count). The van der Waals surface area contributed by atoms with Crippen molar-refractivity contribution < 1.29 is 19.7 Å². The van der Waals surface area contributed by atoms with Gasteiger partial charge in [0.25, 0.3) is 0 Å². The van der Waals surface area contributed by atoms with Crippen molar-refractivity contribution in [2.75, 3.05) is 7.11 Å². The van der Waals surface area contributed by atoms with E-state index in [0.29, 0.717) is 5.56 Å². The average molecular weight is 237 g/mol. The molecule has 0 bridgehead atoms. The van der Waals surface area contributed by atoms with Crippen LogP contribution in [0.4, 0.5) is 0 Å². The van der Waals surface area contributed by atoms with E-state index in [0.717, 1.165) is 19.3 Å². The Labute approximate surface area is 98.8 Å². The van der Waals surface area contributed by atoms with Gasteiger partial charge >= 0.3 is 5.97 Å². The van der Waals surface area contributed by atoms with Crippen LogP contribution >= 0.6 is 0 Å². The van der Waals surface area contributed by atoms with Gasteiger partial charge in [0.05, 0.1) is 7.11 Å². The highest BCUT2D eigenvalue weighted by Gasteiger charge is 2.36. The van der Waals surface area contributed by atoms with Crippen LogP contribution in [0.3, 0.4) is 0 Å². The van der Waals surface area contributed by atoms with E-state index in [4.69, 9.17) is 15.6 Å². The number of carbonyl (C=O) groups is 1. The highest BCUT2D eigenvalue weighted by Crippen LogP contribution is 2.42. The van der Waals surface area contributed by atoms with E-state index in [-0.39, 0.29) is 17.1 Å². The minimum Gasteiger partial charge on any atom is -0.504 e. The molecule has 17 heavy (non-hydrogen) atoms. The Morgan fingerprint density at radius 1 is 1.47 bits per heavy atom. The number of benzene rings is 1. The smallest absolute Gasteiger partial charge is 0.339 e. The van der Waals surface area contributed by atoms with Crippen molar-refractivity contribution in [1.82, 2.24) is 0 Å². The molecule has 1 fully saturated rings. The molecule has 5 heteroatoms. The number of aromatic carboxylic acids is 1. The Morgan fingerprint density at radius 2 is 2.12 bits per heavy atom. The Hall–Kier alpha value is -1.75. The Balaban J connectivity index is 2.54. The third kappa shape index (κ3) is 1.82. The Kier molecular flexibility index (Phi) is 2.71. The summed E-state index contributed by atoms with van der Waals surface area (Å²) < 4.78 is 4.97. The summed E-state index contributed by atoms with van der Waals surface area (Å²) in [5, 5.41) is 18.7. The summed E-state index contributed by atoms with van der Waals surface area (Å²) in [4.78, 5) is 11.0. The van der Waals surface area contributed by atoms with Crippen molar-refractivity contribution in [3.05, 3.63) is 23.3 Å². The van der Waals surface area contributed by atoms with Crippen LogP contribution in [0.25, 0.3) is 0 Å². The van der Waals surface area contributed by atoms with Crippen LogP contribution in [0.1, 0.15) is 35.2 Å². The number of methoxy groups -OCH3 is 1. The molecule has 1 aromatic rings. The second-order valence-corrected chi connectivity index (χ2v) is 4.39. The lowest BCUT2D eigenvalue weighted by Gasteiger charge is -2.39. The number of nitrogens with two attached hydrogens (primary N) is 1. The van der Waals surface area contributed by atoms with Crippen LogP contribution in [-0.2, 0) is 5.54 Å². The monoisotopic (exact) mass is 237 g/mol. The van der Waals surface area contributed by atoms with E-state index in [2.05, 4.69) is 0 Å². The lowest BCUT2D eigenvalue weighted by Crippen LogP contribution is -2.43. The summed E-state index contributed by atoms with van der Waals surface area (Å²) in [6, 6.07) is 3.04. The van der Waals surface area contributed by atoms with Gasteiger partial charge in [-0.1, -0.05) is 0 Å². The molecule has 1 aliphatic rings. The number of carboxylic acids is 1. The van der Waals surface area contributed by atoms with Crippen molar-refractivity contribution in [1.29, 1.82) is 0 Å². The quantitative estimate of drug-likeness (QED) is 0.739. The van der Waals surface area contributed by atoms with Crippen LogP contribution in [-0.4, -0.2) is 23.3 Å². The molecule has 0 unspecified atom stereocenters. The predicted molar refractivity (Wildman–Crippen MR) is 61.3 cm³/mol. The average Bonchev–Trinajstić information content (AvgIpc) is 2.25. The highest BCUT2D eigenvalue weighted by molar-refractivity contribution is 5.92. The zero-order chi connectivity index (χ0) is 12.6. The molecule has 1 aromatic carbocycles. The van der Waals surface area contributed by atoms with Crippen LogP contribution < -0.4 is 10.5 Å². The molecule has 0 atom stereocenters. The maximum absolute atomic E-state index is 11.0. The van der Waals surface area contributed by atoms with Gasteiger partial charge in [0, 0.05) is 5.54 Å². The van der Waals surface area contributed by atoms with Crippen LogP contribution in [0, 0.1) is 0 Å². The summed E-state index contributed by atoms with van der Waals surface area (Å²) >= 11 is 0. The number of aromatic hydroxyl groups is 1. The maximum Gasteiger partial charge on any atom is 0.339 e. The normalized spacial score (nSPS) is 17.3. The standard InChI is InChI=1S/C12H15NO4/c1-17-9-6-7(12(13)3-2-4-12)5-8(10(9)14)11(15)16/h5-6,14H,2-4,13H2,1H3,(H,15,16). The molecular weight excluding hydrogens is 222 g/mol. The van der Waals surface area contributed by atoms with Crippen molar-refractivity contribution >= 4 is 5.97 Å². The third-order valence-corrected chi connectivity index (χ3v) is 3.35. The first-order valence-corrected chi connectivity index (χ1v) is 5.41. The number of carboxylic acid groups (broad SMARTS) is 1. The van der Waals surface area contributed by atoms with E-state index in [9.17, 15) is 9.90 Å². The number of phenols is 1. The fraction of sp³-hybridized carbons (Fsp3) is 0.417. The minimum absolute atomic E-state index is 0.150. The molecule has 92 valence electrons. The van der Waals surface area contributed by atoms with Crippen LogP contribution in [0.2, 0.25) is 0 Å². The van der Waals surface area contributed by atoms with E-state index in [1.807, 2.05) is 0 Å². The summed E-state index contributed by atoms with van der Waals surface area (Å²) in [5.74, 6) is -1.39. The molecule has 5 nitrogen and oxygen atoms in total. The van der Waals surface area contributed by atoms with Crippen molar-refractivity contribution in [3.8, 4) is 11.5 Å². The van der Waals surface area contributed by atoms with E-state index >= 15 is 0 Å². The van der Waals surface area contributed by atoms with Crippen LogP contribution in [0.15, 0.2) is 12.1 Å². The molecular formula is C12H15NO4. The molecule has 0 spiro atoms. The number of hydrogen-bond acceptors (Lipinski definition) is 4. The molecule has 1 saturated carbocycles. The Morgan fingerprint density at radius 3 is 2.53 bits per heavy atom. The summed E-state index contributed by atoms with van der Waals surface area (Å²) in [7, 11) is 1.38. The highest BCUT2D eigenvalue weighted by atomic mass is 16.5. The zero-order valence-corrected chi connectivity index (χ0v) is 9.56. The van der Waals surface area contributed by atoms with Gasteiger partial charge in [-0.05, 0) is 37.0 Å². The van der Waals surface area contributed by atoms with Gasteiger partial charge in [-0.3, -0.25) is 0 Å². The molecule has 0 amide bonds. The molecule has 0 heterocycles. The topological polar surface area (TPSA) is 92.8 Å². The van der Waals surface area contributed by atoms with Crippen LogP contribution in [0.5, 0.6) is 11.5 Å². The fourth-order valence-electron chi connectivity index (χ4n) is 2.06. The number of rotatable bonds is 3. The third-order valence-electron chi connectivity index (χ3n) is 3.35. The van der Waals surface area contributed by atoms with Crippen molar-refractivity contribution in [2.24, 2.45) is 5.73 Å². The molecule has 0 aromatic heterocycles. The Bertz CT molecular complexity index is 466. The first kappa shape index (κ1) is 11.7. The summed E-state index contributed by atoms with van der Waals surface area (Å²) in [6.07, 6.45) is 2.67. The second kappa shape index (κ2) is 3.92. The first-order chi connectivity index (χ1) is 7.98. The molecule has 0 saturated heterocycles. The molecule has 0 aliphatic heterocycles. The first-order valence-electron chi connectivity index (χ1n) is 5.41. The van der Waals surface area contributed by atoms with Gasteiger partial charge in [0.2, 0.25) is 0 Å². The van der Waals surface area contributed by atoms with E-state index in [1.165, 1.54) is 13.2 Å². The minimum atomic E-state index is -1.19.